The predicted molar refractivity (Wildman–Crippen MR) is 88.3 cm³/mol. The summed E-state index contributed by atoms with van der Waals surface area (Å²) in [6.07, 6.45) is 0. The van der Waals surface area contributed by atoms with Crippen LogP contribution in [0.1, 0.15) is 24.0 Å². The van der Waals surface area contributed by atoms with Crippen molar-refractivity contribution in [1.29, 1.82) is 0 Å². The molecule has 1 aliphatic rings. The standard InChI is InChI=1S/C18H21NO2S/c1-14-8-10-17(11-9-14)22(20,21)19-12-15(2)18(13-19)16-6-4-3-5-7-16/h3-11,15,18H,12-13H2,1-2H3/t15-,18-/m1/s1. The first-order chi connectivity index (χ1) is 10.5. The van der Waals surface area contributed by atoms with Gasteiger partial charge in [-0.15, -0.1) is 0 Å². The SMILES string of the molecule is Cc1ccc(S(=O)(=O)N2C[C@@H](C)[C@H](c3ccccc3)C2)cc1. The van der Waals surface area contributed by atoms with Crippen LogP contribution in [0.5, 0.6) is 0 Å². The molecule has 3 nitrogen and oxygen atoms in total. The van der Waals surface area contributed by atoms with Gasteiger partial charge in [-0.3, -0.25) is 0 Å². The first kappa shape index (κ1) is 15.3. The first-order valence-electron chi connectivity index (χ1n) is 7.60. The predicted octanol–water partition coefficient (Wildman–Crippen LogP) is 3.42. The summed E-state index contributed by atoms with van der Waals surface area (Å²) >= 11 is 0. The van der Waals surface area contributed by atoms with Gasteiger partial charge in [0.05, 0.1) is 4.90 Å². The molecule has 22 heavy (non-hydrogen) atoms. The van der Waals surface area contributed by atoms with Gasteiger partial charge in [-0.25, -0.2) is 8.42 Å². The van der Waals surface area contributed by atoms with Crippen LogP contribution in [0.25, 0.3) is 0 Å². The molecule has 0 unspecified atom stereocenters. The van der Waals surface area contributed by atoms with E-state index < -0.39 is 10.0 Å². The summed E-state index contributed by atoms with van der Waals surface area (Å²) in [6.45, 7) is 5.22. The molecule has 1 heterocycles. The summed E-state index contributed by atoms with van der Waals surface area (Å²) in [4.78, 5) is 0.388. The maximum Gasteiger partial charge on any atom is 0.243 e. The van der Waals surface area contributed by atoms with E-state index in [-0.39, 0.29) is 5.92 Å². The highest BCUT2D eigenvalue weighted by Crippen LogP contribution is 2.35. The fraction of sp³-hybridized carbons (Fsp3) is 0.333. The molecule has 0 N–H and O–H groups in total. The second kappa shape index (κ2) is 5.86. The van der Waals surface area contributed by atoms with Crippen molar-refractivity contribution >= 4 is 10.0 Å². The van der Waals surface area contributed by atoms with Crippen molar-refractivity contribution in [2.45, 2.75) is 24.7 Å². The molecular weight excluding hydrogens is 294 g/mol. The number of rotatable bonds is 3. The quantitative estimate of drug-likeness (QED) is 0.870. The maximum atomic E-state index is 12.8. The average Bonchev–Trinajstić information content (AvgIpc) is 2.91. The highest BCUT2D eigenvalue weighted by molar-refractivity contribution is 7.89. The Labute approximate surface area is 132 Å². The van der Waals surface area contributed by atoms with Crippen LogP contribution in [0.15, 0.2) is 59.5 Å². The van der Waals surface area contributed by atoms with Crippen molar-refractivity contribution in [2.75, 3.05) is 13.1 Å². The fourth-order valence-corrected chi connectivity index (χ4v) is 4.68. The third-order valence-corrected chi connectivity index (χ3v) is 6.31. The molecule has 0 aliphatic carbocycles. The molecule has 0 bridgehead atoms. The van der Waals surface area contributed by atoms with Crippen molar-refractivity contribution in [1.82, 2.24) is 4.31 Å². The van der Waals surface area contributed by atoms with Crippen molar-refractivity contribution in [3.63, 3.8) is 0 Å². The van der Waals surface area contributed by atoms with Crippen molar-refractivity contribution in [3.05, 3.63) is 65.7 Å². The Morgan fingerprint density at radius 2 is 1.59 bits per heavy atom. The van der Waals surface area contributed by atoms with Gasteiger partial charge in [-0.1, -0.05) is 55.0 Å². The molecule has 2 aromatic rings. The molecule has 2 aromatic carbocycles. The number of sulfonamides is 1. The molecule has 2 atom stereocenters. The van der Waals surface area contributed by atoms with E-state index in [9.17, 15) is 8.42 Å². The Balaban J connectivity index is 1.86. The molecule has 1 aliphatic heterocycles. The Kier molecular flexibility index (Phi) is 4.06. The second-order valence-corrected chi connectivity index (χ2v) is 8.07. The number of nitrogens with zero attached hydrogens (tertiary/aromatic N) is 1. The monoisotopic (exact) mass is 315 g/mol. The van der Waals surface area contributed by atoms with E-state index >= 15 is 0 Å². The van der Waals surface area contributed by atoms with E-state index in [0.717, 1.165) is 5.56 Å². The van der Waals surface area contributed by atoms with Gasteiger partial charge in [0.15, 0.2) is 0 Å². The van der Waals surface area contributed by atoms with Crippen LogP contribution < -0.4 is 0 Å². The van der Waals surface area contributed by atoms with Crippen LogP contribution in [0.4, 0.5) is 0 Å². The zero-order chi connectivity index (χ0) is 15.7. The minimum absolute atomic E-state index is 0.265. The Hall–Kier alpha value is -1.65. The number of hydrogen-bond acceptors (Lipinski definition) is 2. The van der Waals surface area contributed by atoms with Crippen LogP contribution in [0.3, 0.4) is 0 Å². The Morgan fingerprint density at radius 3 is 2.23 bits per heavy atom. The molecule has 4 heteroatoms. The van der Waals surface area contributed by atoms with E-state index in [1.807, 2.05) is 37.3 Å². The summed E-state index contributed by atoms with van der Waals surface area (Å²) in [5, 5.41) is 0. The van der Waals surface area contributed by atoms with E-state index in [4.69, 9.17) is 0 Å². The van der Waals surface area contributed by atoms with Gasteiger partial charge in [0.2, 0.25) is 10.0 Å². The minimum Gasteiger partial charge on any atom is -0.207 e. The van der Waals surface area contributed by atoms with E-state index in [1.54, 1.807) is 16.4 Å². The third-order valence-electron chi connectivity index (χ3n) is 4.47. The lowest BCUT2D eigenvalue weighted by Gasteiger charge is -2.17. The molecule has 1 fully saturated rings. The lowest BCUT2D eigenvalue weighted by molar-refractivity contribution is 0.464. The van der Waals surface area contributed by atoms with Crippen LogP contribution in [-0.2, 0) is 10.0 Å². The van der Waals surface area contributed by atoms with Crippen LogP contribution >= 0.6 is 0 Å². The molecule has 0 radical (unpaired) electrons. The van der Waals surface area contributed by atoms with Crippen molar-refractivity contribution in [3.8, 4) is 0 Å². The summed E-state index contributed by atoms with van der Waals surface area (Å²) in [6, 6.07) is 17.3. The normalized spacial score (nSPS) is 22.8. The van der Waals surface area contributed by atoms with Gasteiger partial charge >= 0.3 is 0 Å². The van der Waals surface area contributed by atoms with Gasteiger partial charge in [-0.2, -0.15) is 4.31 Å². The Morgan fingerprint density at radius 1 is 0.955 bits per heavy atom. The highest BCUT2D eigenvalue weighted by Gasteiger charge is 2.37. The summed E-state index contributed by atoms with van der Waals surface area (Å²) in [5.74, 6) is 0.587. The number of hydrogen-bond donors (Lipinski definition) is 0. The van der Waals surface area contributed by atoms with Gasteiger partial charge in [-0.05, 0) is 30.5 Å². The first-order valence-corrected chi connectivity index (χ1v) is 9.04. The molecule has 0 amide bonds. The average molecular weight is 315 g/mol. The van der Waals surface area contributed by atoms with Gasteiger partial charge in [0, 0.05) is 19.0 Å². The zero-order valence-electron chi connectivity index (χ0n) is 12.9. The molecule has 1 saturated heterocycles. The Bertz CT molecular complexity index is 738. The third kappa shape index (κ3) is 2.81. The van der Waals surface area contributed by atoms with Crippen molar-refractivity contribution in [2.24, 2.45) is 5.92 Å². The van der Waals surface area contributed by atoms with Crippen LogP contribution in [-0.4, -0.2) is 25.8 Å². The largest absolute Gasteiger partial charge is 0.243 e. The van der Waals surface area contributed by atoms with Crippen LogP contribution in [0.2, 0.25) is 0 Å². The fourth-order valence-electron chi connectivity index (χ4n) is 3.11. The van der Waals surface area contributed by atoms with Gasteiger partial charge < -0.3 is 0 Å². The zero-order valence-corrected chi connectivity index (χ0v) is 13.8. The second-order valence-electron chi connectivity index (χ2n) is 6.13. The molecule has 3 rings (SSSR count). The smallest absolute Gasteiger partial charge is 0.207 e. The van der Waals surface area contributed by atoms with E-state index in [1.165, 1.54) is 5.56 Å². The topological polar surface area (TPSA) is 37.4 Å². The van der Waals surface area contributed by atoms with Gasteiger partial charge in [0.1, 0.15) is 0 Å². The summed E-state index contributed by atoms with van der Waals surface area (Å²) in [7, 11) is -3.40. The lowest BCUT2D eigenvalue weighted by Crippen LogP contribution is -2.29. The molecule has 0 spiro atoms. The van der Waals surface area contributed by atoms with E-state index in [0.29, 0.717) is 23.9 Å². The highest BCUT2D eigenvalue weighted by atomic mass is 32.2. The summed E-state index contributed by atoms with van der Waals surface area (Å²) < 4.78 is 27.2. The number of benzene rings is 2. The van der Waals surface area contributed by atoms with Crippen molar-refractivity contribution < 1.29 is 8.42 Å². The molecule has 116 valence electrons. The lowest BCUT2D eigenvalue weighted by atomic mass is 9.90. The minimum atomic E-state index is -3.40. The molecule has 0 aromatic heterocycles. The van der Waals surface area contributed by atoms with E-state index in [2.05, 4.69) is 19.1 Å². The number of aryl methyl sites for hydroxylation is 1. The molecule has 0 saturated carbocycles. The van der Waals surface area contributed by atoms with Gasteiger partial charge in [0.25, 0.3) is 0 Å². The summed E-state index contributed by atoms with van der Waals surface area (Å²) in [5.41, 5.74) is 2.28. The maximum absolute atomic E-state index is 12.8. The van der Waals surface area contributed by atoms with Crippen LogP contribution in [0, 0.1) is 12.8 Å². The molecular formula is C18H21NO2S.